The van der Waals surface area contributed by atoms with Crippen LogP contribution in [0.3, 0.4) is 0 Å². The van der Waals surface area contributed by atoms with Crippen molar-refractivity contribution in [2.75, 3.05) is 19.6 Å². The van der Waals surface area contributed by atoms with Gasteiger partial charge in [0.1, 0.15) is 5.82 Å². The lowest BCUT2D eigenvalue weighted by molar-refractivity contribution is 0.184. The fraction of sp³-hybridized carbons (Fsp3) is 0.789. The maximum atomic E-state index is 12.6. The molecule has 1 aliphatic carbocycles. The van der Waals surface area contributed by atoms with E-state index in [1.807, 2.05) is 0 Å². The molecule has 5 heteroatoms. The van der Waals surface area contributed by atoms with Gasteiger partial charge in [0.15, 0.2) is 0 Å². The fourth-order valence-corrected chi connectivity index (χ4v) is 4.64. The maximum Gasteiger partial charge on any atom is 0.255 e. The minimum Gasteiger partial charge on any atom is -0.309 e. The number of H-pyrrole nitrogens is 1. The van der Waals surface area contributed by atoms with Crippen molar-refractivity contribution >= 4 is 0 Å². The summed E-state index contributed by atoms with van der Waals surface area (Å²) in [5.41, 5.74) is 2.05. The number of rotatable bonds is 3. The number of piperidine rings is 1. The molecule has 4 rings (SSSR count). The zero-order valence-electron chi connectivity index (χ0n) is 14.6. The van der Waals surface area contributed by atoms with Crippen molar-refractivity contribution in [3.63, 3.8) is 0 Å². The minimum absolute atomic E-state index is 0.0933. The molecule has 1 aromatic rings. The summed E-state index contributed by atoms with van der Waals surface area (Å²) < 4.78 is 0. The van der Waals surface area contributed by atoms with Gasteiger partial charge in [-0.1, -0.05) is 25.7 Å². The van der Waals surface area contributed by atoms with Crippen LogP contribution in [0.15, 0.2) is 4.79 Å². The van der Waals surface area contributed by atoms with Gasteiger partial charge >= 0.3 is 0 Å². The third-order valence-electron chi connectivity index (χ3n) is 6.05. The molecule has 1 saturated heterocycles. The van der Waals surface area contributed by atoms with E-state index in [2.05, 4.69) is 15.2 Å². The Morgan fingerprint density at radius 1 is 1.08 bits per heavy atom. The Morgan fingerprint density at radius 3 is 2.71 bits per heavy atom. The van der Waals surface area contributed by atoms with Crippen LogP contribution < -0.4 is 10.9 Å². The predicted octanol–water partition coefficient (Wildman–Crippen LogP) is 2.52. The quantitative estimate of drug-likeness (QED) is 0.894. The van der Waals surface area contributed by atoms with Crippen LogP contribution in [0.2, 0.25) is 0 Å². The Morgan fingerprint density at radius 2 is 1.92 bits per heavy atom. The molecular formula is C19H30N4O. The van der Waals surface area contributed by atoms with Gasteiger partial charge in [-0.15, -0.1) is 0 Å². The molecule has 5 nitrogen and oxygen atoms in total. The third-order valence-corrected chi connectivity index (χ3v) is 6.05. The largest absolute Gasteiger partial charge is 0.309 e. The molecule has 2 fully saturated rings. The Kier molecular flexibility index (Phi) is 4.99. The molecule has 1 atom stereocenters. The summed E-state index contributed by atoms with van der Waals surface area (Å²) in [5.74, 6) is 1.69. The first-order valence-corrected chi connectivity index (χ1v) is 9.87. The van der Waals surface area contributed by atoms with Crippen LogP contribution in [-0.2, 0) is 13.0 Å². The molecule has 3 aliphatic rings. The molecule has 0 amide bonds. The lowest BCUT2D eigenvalue weighted by atomic mass is 9.88. The summed E-state index contributed by atoms with van der Waals surface area (Å²) in [4.78, 5) is 23.0. The fourth-order valence-electron chi connectivity index (χ4n) is 4.64. The van der Waals surface area contributed by atoms with Crippen molar-refractivity contribution in [3.8, 4) is 0 Å². The summed E-state index contributed by atoms with van der Waals surface area (Å²) in [7, 11) is 0. The number of nitrogens with one attached hydrogen (secondary N) is 2. The van der Waals surface area contributed by atoms with Gasteiger partial charge in [0, 0.05) is 26.1 Å². The lowest BCUT2D eigenvalue weighted by Gasteiger charge is -2.33. The average molecular weight is 330 g/mol. The highest BCUT2D eigenvalue weighted by Crippen LogP contribution is 2.26. The second-order valence-electron chi connectivity index (χ2n) is 7.87. The van der Waals surface area contributed by atoms with Crippen LogP contribution in [0.1, 0.15) is 74.5 Å². The van der Waals surface area contributed by atoms with E-state index in [0.29, 0.717) is 0 Å². The third kappa shape index (κ3) is 3.57. The summed E-state index contributed by atoms with van der Waals surface area (Å²) in [5, 5.41) is 3.49. The van der Waals surface area contributed by atoms with E-state index in [-0.39, 0.29) is 11.6 Å². The molecule has 1 aromatic heterocycles. The van der Waals surface area contributed by atoms with Gasteiger partial charge < -0.3 is 10.3 Å². The van der Waals surface area contributed by atoms with Crippen molar-refractivity contribution in [1.82, 2.24) is 20.2 Å². The first-order chi connectivity index (χ1) is 11.8. The number of nitrogens with zero attached hydrogens (tertiary/aromatic N) is 2. The first-order valence-electron chi connectivity index (χ1n) is 9.87. The molecule has 2 N–H and O–H groups in total. The van der Waals surface area contributed by atoms with E-state index in [0.717, 1.165) is 62.0 Å². The van der Waals surface area contributed by atoms with E-state index in [1.54, 1.807) is 0 Å². The summed E-state index contributed by atoms with van der Waals surface area (Å²) >= 11 is 0. The van der Waals surface area contributed by atoms with E-state index in [1.165, 1.54) is 44.9 Å². The first kappa shape index (κ1) is 16.3. The van der Waals surface area contributed by atoms with Crippen LogP contribution in [0.5, 0.6) is 0 Å². The molecule has 2 aliphatic heterocycles. The maximum absolute atomic E-state index is 12.6. The minimum atomic E-state index is 0.0933. The average Bonchev–Trinajstić information content (AvgIpc) is 2.64. The molecule has 0 spiro atoms. The SMILES string of the molecule is O=c1[nH]c([C@H]2CCCCN2)nc2c1CN(CC1CCCCC1)CC2. The van der Waals surface area contributed by atoms with E-state index < -0.39 is 0 Å². The number of fused-ring (bicyclic) bond motifs is 1. The molecular weight excluding hydrogens is 300 g/mol. The molecule has 0 unspecified atom stereocenters. The topological polar surface area (TPSA) is 61.0 Å². The standard InChI is InChI=1S/C19H30N4O/c24-19-15-13-23(12-14-6-2-1-3-7-14)11-9-16(15)21-18(22-19)17-8-4-5-10-20-17/h14,17,20H,1-13H2,(H,21,22,24)/t17-/m1/s1. The van der Waals surface area contributed by atoms with Gasteiger partial charge in [-0.3, -0.25) is 9.69 Å². The molecule has 3 heterocycles. The molecule has 0 aromatic carbocycles. The number of hydrogen-bond donors (Lipinski definition) is 2. The lowest BCUT2D eigenvalue weighted by Crippen LogP contribution is -2.40. The van der Waals surface area contributed by atoms with Crippen molar-refractivity contribution in [2.24, 2.45) is 5.92 Å². The second-order valence-corrected chi connectivity index (χ2v) is 7.87. The van der Waals surface area contributed by atoms with Crippen molar-refractivity contribution < 1.29 is 0 Å². The zero-order valence-corrected chi connectivity index (χ0v) is 14.6. The Labute approximate surface area is 144 Å². The highest BCUT2D eigenvalue weighted by atomic mass is 16.1. The molecule has 24 heavy (non-hydrogen) atoms. The van der Waals surface area contributed by atoms with Gasteiger partial charge in [0.25, 0.3) is 5.56 Å². The Balaban J connectivity index is 1.46. The predicted molar refractivity (Wildman–Crippen MR) is 95.0 cm³/mol. The van der Waals surface area contributed by atoms with Crippen LogP contribution in [0, 0.1) is 5.92 Å². The summed E-state index contributed by atoms with van der Waals surface area (Å²) in [6.45, 7) is 4.02. The Bertz CT molecular complexity index is 614. The van der Waals surface area contributed by atoms with Gasteiger partial charge in [-0.25, -0.2) is 4.98 Å². The molecule has 0 radical (unpaired) electrons. The van der Waals surface area contributed by atoms with Crippen LogP contribution in [-0.4, -0.2) is 34.5 Å². The van der Waals surface area contributed by atoms with Crippen LogP contribution in [0.4, 0.5) is 0 Å². The Hall–Kier alpha value is -1.20. The molecule has 0 bridgehead atoms. The zero-order chi connectivity index (χ0) is 16.4. The van der Waals surface area contributed by atoms with Crippen molar-refractivity contribution in [2.45, 2.75) is 70.4 Å². The van der Waals surface area contributed by atoms with Crippen LogP contribution >= 0.6 is 0 Å². The van der Waals surface area contributed by atoms with E-state index >= 15 is 0 Å². The van der Waals surface area contributed by atoms with Crippen LogP contribution in [0.25, 0.3) is 0 Å². The smallest absolute Gasteiger partial charge is 0.255 e. The van der Waals surface area contributed by atoms with E-state index in [4.69, 9.17) is 4.98 Å². The van der Waals surface area contributed by atoms with Gasteiger partial charge in [0.05, 0.1) is 17.3 Å². The second kappa shape index (κ2) is 7.36. The van der Waals surface area contributed by atoms with Crippen molar-refractivity contribution in [3.05, 3.63) is 27.4 Å². The van der Waals surface area contributed by atoms with Gasteiger partial charge in [-0.2, -0.15) is 0 Å². The number of aromatic amines is 1. The van der Waals surface area contributed by atoms with Crippen molar-refractivity contribution in [1.29, 1.82) is 0 Å². The summed E-state index contributed by atoms with van der Waals surface area (Å²) in [6.07, 6.45) is 11.3. The summed E-state index contributed by atoms with van der Waals surface area (Å²) in [6, 6.07) is 0.233. The van der Waals surface area contributed by atoms with Gasteiger partial charge in [-0.05, 0) is 38.1 Å². The monoisotopic (exact) mass is 330 g/mol. The van der Waals surface area contributed by atoms with E-state index in [9.17, 15) is 4.79 Å². The highest BCUT2D eigenvalue weighted by Gasteiger charge is 2.26. The highest BCUT2D eigenvalue weighted by molar-refractivity contribution is 5.21. The van der Waals surface area contributed by atoms with Gasteiger partial charge in [0.2, 0.25) is 0 Å². The normalized spacial score (nSPS) is 26.2. The number of aromatic nitrogens is 2. The number of hydrogen-bond acceptors (Lipinski definition) is 4. The molecule has 132 valence electrons. The molecule has 1 saturated carbocycles.